The third-order valence-corrected chi connectivity index (χ3v) is 6.14. The summed E-state index contributed by atoms with van der Waals surface area (Å²) in [6, 6.07) is -0.829. The minimum atomic E-state index is -3.84. The van der Waals surface area contributed by atoms with E-state index < -0.39 is 16.1 Å². The van der Waals surface area contributed by atoms with Crippen molar-refractivity contribution >= 4 is 28.3 Å². The van der Waals surface area contributed by atoms with Crippen LogP contribution in [0.2, 0.25) is 0 Å². The molecular weight excluding hydrogens is 368 g/mol. The topological polar surface area (TPSA) is 105 Å². The fourth-order valence-electron chi connectivity index (χ4n) is 3.12. The number of likely N-dealkylation sites (tertiary alicyclic amines) is 1. The van der Waals surface area contributed by atoms with Gasteiger partial charge in [-0.1, -0.05) is 5.16 Å². The first-order valence-electron chi connectivity index (χ1n) is 8.15. The molecule has 0 bridgehead atoms. The van der Waals surface area contributed by atoms with E-state index in [0.29, 0.717) is 19.0 Å². The van der Waals surface area contributed by atoms with Gasteiger partial charge < -0.3 is 14.7 Å². The highest BCUT2D eigenvalue weighted by atomic mass is 35.5. The summed E-state index contributed by atoms with van der Waals surface area (Å²) < 4.78 is 32.3. The molecule has 1 aromatic heterocycles. The Morgan fingerprint density at radius 3 is 2.44 bits per heavy atom. The zero-order chi connectivity index (χ0) is 17.9. The average Bonchev–Trinajstić information content (AvgIpc) is 2.87. The van der Waals surface area contributed by atoms with Crippen molar-refractivity contribution < 1.29 is 17.7 Å². The van der Waals surface area contributed by atoms with Gasteiger partial charge in [-0.25, -0.2) is 8.42 Å². The minimum absolute atomic E-state index is 0. The third kappa shape index (κ3) is 5.16. The highest BCUT2D eigenvalue weighted by Gasteiger charge is 2.31. The molecule has 1 aliphatic heterocycles. The summed E-state index contributed by atoms with van der Waals surface area (Å²) >= 11 is 0. The zero-order valence-corrected chi connectivity index (χ0v) is 16.7. The molecule has 0 radical (unpaired) electrons. The van der Waals surface area contributed by atoms with E-state index in [-0.39, 0.29) is 34.7 Å². The lowest BCUT2D eigenvalue weighted by molar-refractivity contribution is -0.133. The van der Waals surface area contributed by atoms with E-state index in [0.717, 1.165) is 19.4 Å². The highest BCUT2D eigenvalue weighted by Crippen LogP contribution is 2.20. The Balaban J connectivity index is 0.00000312. The Labute approximate surface area is 155 Å². The number of hydrogen-bond donors (Lipinski definition) is 2. The molecule has 25 heavy (non-hydrogen) atoms. The van der Waals surface area contributed by atoms with Crippen LogP contribution in [0, 0.1) is 19.8 Å². The van der Waals surface area contributed by atoms with Crippen molar-refractivity contribution in [3.8, 4) is 0 Å². The average molecular weight is 395 g/mol. The second-order valence-corrected chi connectivity index (χ2v) is 7.97. The summed E-state index contributed by atoms with van der Waals surface area (Å²) in [5.41, 5.74) is 0.285. The van der Waals surface area contributed by atoms with Gasteiger partial charge in [0, 0.05) is 13.1 Å². The molecule has 8 nitrogen and oxygen atoms in total. The summed E-state index contributed by atoms with van der Waals surface area (Å²) in [5, 5.41) is 6.81. The van der Waals surface area contributed by atoms with Crippen LogP contribution < -0.4 is 10.0 Å². The summed E-state index contributed by atoms with van der Waals surface area (Å²) in [6.45, 7) is 6.91. The first-order valence-corrected chi connectivity index (χ1v) is 9.63. The number of sulfonamides is 1. The Bertz CT molecular complexity index is 664. The van der Waals surface area contributed by atoms with Crippen LogP contribution in [0.5, 0.6) is 0 Å². The number of carbonyl (C=O) groups excluding carboxylic acids is 1. The van der Waals surface area contributed by atoms with Gasteiger partial charge in [-0.3, -0.25) is 4.79 Å². The van der Waals surface area contributed by atoms with Crippen molar-refractivity contribution in [3.63, 3.8) is 0 Å². The molecule has 2 N–H and O–H groups in total. The van der Waals surface area contributed by atoms with Gasteiger partial charge in [-0.15, -0.1) is 12.4 Å². The minimum Gasteiger partial charge on any atom is -0.360 e. The number of rotatable bonds is 6. The molecule has 0 saturated carbocycles. The monoisotopic (exact) mass is 394 g/mol. The predicted molar refractivity (Wildman–Crippen MR) is 96.2 cm³/mol. The van der Waals surface area contributed by atoms with Gasteiger partial charge in [0.15, 0.2) is 5.76 Å². The SMILES string of the molecule is CNCC1CCN(C(=O)C(C)NS(=O)(=O)c2c(C)noc2C)CC1.Cl. The van der Waals surface area contributed by atoms with Crippen molar-refractivity contribution in [1.82, 2.24) is 20.1 Å². The number of halogens is 1. The van der Waals surface area contributed by atoms with Gasteiger partial charge >= 0.3 is 0 Å². The normalized spacial score (nSPS) is 17.2. The van der Waals surface area contributed by atoms with E-state index in [1.165, 1.54) is 6.92 Å². The number of carbonyl (C=O) groups is 1. The van der Waals surface area contributed by atoms with E-state index in [9.17, 15) is 13.2 Å². The van der Waals surface area contributed by atoms with Gasteiger partial charge in [-0.05, 0) is 53.1 Å². The number of amides is 1. The molecule has 0 aliphatic carbocycles. The molecule has 2 rings (SSSR count). The summed E-state index contributed by atoms with van der Waals surface area (Å²) in [4.78, 5) is 14.3. The maximum absolute atomic E-state index is 12.5. The molecule has 1 aliphatic rings. The summed E-state index contributed by atoms with van der Waals surface area (Å²) in [5.74, 6) is 0.578. The van der Waals surface area contributed by atoms with Crippen LogP contribution in [0.1, 0.15) is 31.2 Å². The molecule has 0 spiro atoms. The van der Waals surface area contributed by atoms with Crippen molar-refractivity contribution in [3.05, 3.63) is 11.5 Å². The van der Waals surface area contributed by atoms with E-state index in [1.54, 1.807) is 18.7 Å². The van der Waals surface area contributed by atoms with Crippen LogP contribution in [0.4, 0.5) is 0 Å². The maximum atomic E-state index is 12.5. The number of nitrogens with zero attached hydrogens (tertiary/aromatic N) is 2. The smallest absolute Gasteiger partial charge is 0.246 e. The van der Waals surface area contributed by atoms with Crippen molar-refractivity contribution in [2.75, 3.05) is 26.7 Å². The lowest BCUT2D eigenvalue weighted by atomic mass is 9.96. The number of nitrogens with one attached hydrogen (secondary N) is 2. The Morgan fingerprint density at radius 2 is 1.96 bits per heavy atom. The zero-order valence-electron chi connectivity index (χ0n) is 15.0. The molecular formula is C15H27ClN4O4S. The van der Waals surface area contributed by atoms with Crippen LogP contribution in [0.3, 0.4) is 0 Å². The summed E-state index contributed by atoms with van der Waals surface area (Å²) in [6.07, 6.45) is 1.85. The van der Waals surface area contributed by atoms with Gasteiger partial charge in [0.1, 0.15) is 10.6 Å². The van der Waals surface area contributed by atoms with Crippen LogP contribution in [0.15, 0.2) is 9.42 Å². The van der Waals surface area contributed by atoms with E-state index in [2.05, 4.69) is 15.2 Å². The molecule has 1 aromatic rings. The Morgan fingerprint density at radius 1 is 1.36 bits per heavy atom. The number of aromatic nitrogens is 1. The van der Waals surface area contributed by atoms with E-state index in [1.807, 2.05) is 7.05 Å². The standard InChI is InChI=1S/C15H26N4O4S.ClH/c1-10-14(12(3)23-17-10)24(21,22)18-11(2)15(20)19-7-5-13(6-8-19)9-16-4;/h11,13,16,18H,5-9H2,1-4H3;1H. The van der Waals surface area contributed by atoms with E-state index in [4.69, 9.17) is 4.52 Å². The molecule has 1 saturated heterocycles. The van der Waals surface area contributed by atoms with Crippen molar-refractivity contribution in [2.45, 2.75) is 44.6 Å². The fraction of sp³-hybridized carbons (Fsp3) is 0.733. The van der Waals surface area contributed by atoms with Gasteiger partial charge in [0.25, 0.3) is 0 Å². The highest BCUT2D eigenvalue weighted by molar-refractivity contribution is 7.89. The fourth-order valence-corrected chi connectivity index (χ4v) is 4.65. The van der Waals surface area contributed by atoms with Gasteiger partial charge in [0.05, 0.1) is 6.04 Å². The lowest BCUT2D eigenvalue weighted by Gasteiger charge is -2.33. The number of piperidine rings is 1. The quantitative estimate of drug-likeness (QED) is 0.740. The Hall–Kier alpha value is -1.16. The van der Waals surface area contributed by atoms with Crippen LogP contribution in [0.25, 0.3) is 0 Å². The number of hydrogen-bond acceptors (Lipinski definition) is 6. The van der Waals surface area contributed by atoms with Crippen molar-refractivity contribution in [2.24, 2.45) is 5.92 Å². The predicted octanol–water partition coefficient (Wildman–Crippen LogP) is 0.838. The van der Waals surface area contributed by atoms with E-state index >= 15 is 0 Å². The number of aryl methyl sites for hydroxylation is 2. The van der Waals surface area contributed by atoms with Gasteiger partial charge in [-0.2, -0.15) is 4.72 Å². The molecule has 10 heteroatoms. The maximum Gasteiger partial charge on any atom is 0.246 e. The second-order valence-electron chi connectivity index (χ2n) is 6.32. The van der Waals surface area contributed by atoms with Crippen LogP contribution in [-0.2, 0) is 14.8 Å². The molecule has 1 unspecified atom stereocenters. The van der Waals surface area contributed by atoms with Crippen LogP contribution in [-0.4, -0.2) is 57.1 Å². The summed E-state index contributed by atoms with van der Waals surface area (Å²) in [7, 11) is -1.92. The molecule has 1 fully saturated rings. The van der Waals surface area contributed by atoms with Crippen LogP contribution >= 0.6 is 12.4 Å². The molecule has 0 aromatic carbocycles. The largest absolute Gasteiger partial charge is 0.360 e. The lowest BCUT2D eigenvalue weighted by Crippen LogP contribution is -2.49. The first kappa shape index (κ1) is 21.9. The van der Waals surface area contributed by atoms with Crippen molar-refractivity contribution in [1.29, 1.82) is 0 Å². The Kier molecular flexibility index (Phi) is 7.86. The molecule has 1 atom stereocenters. The first-order chi connectivity index (χ1) is 11.3. The second kappa shape index (κ2) is 8.98. The molecule has 1 amide bonds. The third-order valence-electron chi connectivity index (χ3n) is 4.36. The van der Waals surface area contributed by atoms with Gasteiger partial charge in [0.2, 0.25) is 15.9 Å². The molecule has 2 heterocycles. The molecule has 144 valence electrons.